The lowest BCUT2D eigenvalue weighted by atomic mass is 10.1. The second-order valence-corrected chi connectivity index (χ2v) is 7.14. The molecule has 1 aromatic rings. The second-order valence-electron chi connectivity index (χ2n) is 4.13. The molecule has 1 atom stereocenters. The van der Waals surface area contributed by atoms with Crippen LogP contribution >= 0.6 is 11.8 Å². The Morgan fingerprint density at radius 2 is 2.11 bits per heavy atom. The highest BCUT2D eigenvalue weighted by atomic mass is 32.2. The summed E-state index contributed by atoms with van der Waals surface area (Å²) in [4.78, 5) is 11.0. The molecule has 0 aromatic heterocycles. The number of rotatable bonds is 6. The largest absolute Gasteiger partial charge is 0.478 e. The number of carbonyl (C=O) groups is 1. The minimum absolute atomic E-state index is 0.000731. The van der Waals surface area contributed by atoms with Crippen LogP contribution in [0.5, 0.6) is 0 Å². The van der Waals surface area contributed by atoms with E-state index in [0.29, 0.717) is 6.54 Å². The monoisotopic (exact) mass is 303 g/mol. The van der Waals surface area contributed by atoms with Crippen LogP contribution in [0.1, 0.15) is 22.8 Å². The predicted octanol–water partition coefficient (Wildman–Crippen LogP) is 1.72. The van der Waals surface area contributed by atoms with E-state index in [4.69, 9.17) is 5.11 Å². The quantitative estimate of drug-likeness (QED) is 0.836. The fraction of sp³-hybridized carbons (Fsp3) is 0.417. The van der Waals surface area contributed by atoms with Gasteiger partial charge in [-0.05, 0) is 30.9 Å². The van der Waals surface area contributed by atoms with Gasteiger partial charge in [0.05, 0.1) is 10.5 Å². The van der Waals surface area contributed by atoms with Gasteiger partial charge in [0.1, 0.15) is 0 Å². The van der Waals surface area contributed by atoms with E-state index in [1.165, 1.54) is 25.1 Å². The third-order valence-electron chi connectivity index (χ3n) is 2.77. The van der Waals surface area contributed by atoms with Crippen LogP contribution in [0, 0.1) is 6.92 Å². The Balaban J connectivity index is 3.09. The summed E-state index contributed by atoms with van der Waals surface area (Å²) in [5.41, 5.74) is 0.250. The van der Waals surface area contributed by atoms with Crippen molar-refractivity contribution in [3.05, 3.63) is 29.3 Å². The van der Waals surface area contributed by atoms with E-state index >= 15 is 0 Å². The van der Waals surface area contributed by atoms with Crippen molar-refractivity contribution in [2.24, 2.45) is 0 Å². The van der Waals surface area contributed by atoms with Gasteiger partial charge in [0.25, 0.3) is 0 Å². The highest BCUT2D eigenvalue weighted by Crippen LogP contribution is 2.19. The van der Waals surface area contributed by atoms with Crippen LogP contribution in [-0.4, -0.2) is 37.5 Å². The molecule has 2 N–H and O–H groups in total. The van der Waals surface area contributed by atoms with Gasteiger partial charge < -0.3 is 5.11 Å². The first kappa shape index (κ1) is 16.0. The Hall–Kier alpha value is -1.05. The van der Waals surface area contributed by atoms with Crippen molar-refractivity contribution in [1.29, 1.82) is 0 Å². The molecule has 5 nitrogen and oxygen atoms in total. The fourth-order valence-electron chi connectivity index (χ4n) is 1.53. The molecule has 0 heterocycles. The molecule has 0 aliphatic heterocycles. The maximum atomic E-state index is 12.1. The third-order valence-corrected chi connectivity index (χ3v) is 5.31. The van der Waals surface area contributed by atoms with E-state index in [1.54, 1.807) is 11.8 Å². The number of benzene rings is 1. The number of carboxylic acids is 1. The molecule has 0 spiro atoms. The van der Waals surface area contributed by atoms with Gasteiger partial charge in [0.15, 0.2) is 0 Å². The minimum Gasteiger partial charge on any atom is -0.478 e. The number of thioether (sulfide) groups is 1. The van der Waals surface area contributed by atoms with Crippen LogP contribution in [0.3, 0.4) is 0 Å². The Labute approximate surface area is 117 Å². The molecule has 106 valence electrons. The Morgan fingerprint density at radius 1 is 1.47 bits per heavy atom. The number of hydrogen-bond acceptors (Lipinski definition) is 4. The fourth-order valence-corrected chi connectivity index (χ4v) is 3.28. The third kappa shape index (κ3) is 3.95. The van der Waals surface area contributed by atoms with Gasteiger partial charge in [-0.1, -0.05) is 13.0 Å². The number of carboxylic acid groups (broad SMARTS) is 1. The molecule has 0 aliphatic rings. The van der Waals surface area contributed by atoms with Crippen LogP contribution in [0.15, 0.2) is 23.1 Å². The summed E-state index contributed by atoms with van der Waals surface area (Å²) in [6.07, 6.45) is 1.90. The molecule has 0 aliphatic carbocycles. The van der Waals surface area contributed by atoms with Gasteiger partial charge in [-0.15, -0.1) is 0 Å². The number of aromatic carboxylic acids is 1. The predicted molar refractivity (Wildman–Crippen MR) is 76.3 cm³/mol. The van der Waals surface area contributed by atoms with E-state index in [2.05, 4.69) is 4.72 Å². The summed E-state index contributed by atoms with van der Waals surface area (Å²) in [5.74, 6) is -1.13. The smallest absolute Gasteiger partial charge is 0.335 e. The van der Waals surface area contributed by atoms with Crippen molar-refractivity contribution in [2.75, 3.05) is 12.8 Å². The topological polar surface area (TPSA) is 83.5 Å². The van der Waals surface area contributed by atoms with Crippen molar-refractivity contribution in [3.63, 3.8) is 0 Å². The molecular formula is C12H17NO4S2. The number of nitrogens with one attached hydrogen (secondary N) is 1. The number of sulfonamides is 1. The molecule has 0 bridgehead atoms. The first-order valence-electron chi connectivity index (χ1n) is 5.65. The molecule has 0 fully saturated rings. The molecule has 1 aromatic carbocycles. The molecule has 1 unspecified atom stereocenters. The molecule has 0 amide bonds. The SMILES string of the molecule is CSC(C)CNS(=O)(=O)c1cccc(C(=O)O)c1C. The summed E-state index contributed by atoms with van der Waals surface area (Å²) >= 11 is 1.55. The lowest BCUT2D eigenvalue weighted by molar-refractivity contribution is 0.0696. The highest BCUT2D eigenvalue weighted by Gasteiger charge is 2.20. The van der Waals surface area contributed by atoms with Gasteiger partial charge in [-0.25, -0.2) is 17.9 Å². The summed E-state index contributed by atoms with van der Waals surface area (Å²) in [6.45, 7) is 3.71. The molecule has 1 rings (SSSR count). The zero-order valence-electron chi connectivity index (χ0n) is 11.0. The Bertz CT molecular complexity index is 569. The molecule has 7 heteroatoms. The van der Waals surface area contributed by atoms with E-state index in [0.717, 1.165) is 0 Å². The van der Waals surface area contributed by atoms with Gasteiger partial charge in [0, 0.05) is 11.8 Å². The summed E-state index contributed by atoms with van der Waals surface area (Å²) in [7, 11) is -3.68. The van der Waals surface area contributed by atoms with E-state index < -0.39 is 16.0 Å². The second kappa shape index (κ2) is 6.40. The lowest BCUT2D eigenvalue weighted by Crippen LogP contribution is -2.30. The summed E-state index contributed by atoms with van der Waals surface area (Å²) in [5, 5.41) is 9.14. The Morgan fingerprint density at radius 3 is 2.63 bits per heavy atom. The van der Waals surface area contributed by atoms with Crippen LogP contribution in [-0.2, 0) is 10.0 Å². The van der Waals surface area contributed by atoms with Crippen LogP contribution in [0.25, 0.3) is 0 Å². The average molecular weight is 303 g/mol. The van der Waals surface area contributed by atoms with Crippen LogP contribution in [0.4, 0.5) is 0 Å². The molecule has 0 saturated carbocycles. The van der Waals surface area contributed by atoms with Crippen molar-refractivity contribution in [1.82, 2.24) is 4.72 Å². The maximum Gasteiger partial charge on any atom is 0.335 e. The molecule has 0 saturated heterocycles. The normalized spacial score (nSPS) is 13.2. The molecule has 19 heavy (non-hydrogen) atoms. The Kier molecular flexibility index (Phi) is 5.39. The van der Waals surface area contributed by atoms with Crippen molar-refractivity contribution >= 4 is 27.8 Å². The first-order chi connectivity index (χ1) is 8.79. The zero-order valence-corrected chi connectivity index (χ0v) is 12.6. The minimum atomic E-state index is -3.68. The van der Waals surface area contributed by atoms with Gasteiger partial charge in [-0.3, -0.25) is 0 Å². The number of hydrogen-bond donors (Lipinski definition) is 2. The highest BCUT2D eigenvalue weighted by molar-refractivity contribution is 7.99. The van der Waals surface area contributed by atoms with Crippen molar-refractivity contribution < 1.29 is 18.3 Å². The molecule has 0 radical (unpaired) electrons. The molecular weight excluding hydrogens is 286 g/mol. The van der Waals surface area contributed by atoms with Crippen molar-refractivity contribution in [2.45, 2.75) is 24.0 Å². The summed E-state index contributed by atoms with van der Waals surface area (Å²) in [6, 6.07) is 4.23. The van der Waals surface area contributed by atoms with Crippen molar-refractivity contribution in [3.8, 4) is 0 Å². The average Bonchev–Trinajstić information content (AvgIpc) is 2.35. The first-order valence-corrected chi connectivity index (χ1v) is 8.42. The van der Waals surface area contributed by atoms with E-state index in [-0.39, 0.29) is 21.3 Å². The maximum absolute atomic E-state index is 12.1. The van der Waals surface area contributed by atoms with E-state index in [9.17, 15) is 13.2 Å². The zero-order chi connectivity index (χ0) is 14.6. The van der Waals surface area contributed by atoms with Gasteiger partial charge in [0.2, 0.25) is 10.0 Å². The lowest BCUT2D eigenvalue weighted by Gasteiger charge is -2.13. The summed E-state index contributed by atoms with van der Waals surface area (Å²) < 4.78 is 26.8. The van der Waals surface area contributed by atoms with E-state index in [1.807, 2.05) is 13.2 Å². The standard InChI is InChI=1S/C12H17NO4S2/c1-8(18-3)7-13-19(16,17)11-6-4-5-10(9(11)2)12(14)15/h4-6,8,13H,7H2,1-3H3,(H,14,15). The van der Waals surface area contributed by atoms with Gasteiger partial charge >= 0.3 is 5.97 Å². The van der Waals surface area contributed by atoms with Gasteiger partial charge in [-0.2, -0.15) is 11.8 Å². The van der Waals surface area contributed by atoms with Crippen LogP contribution in [0.2, 0.25) is 0 Å². The van der Waals surface area contributed by atoms with Crippen LogP contribution < -0.4 is 4.72 Å².